The van der Waals surface area contributed by atoms with E-state index in [-0.39, 0.29) is 5.56 Å². The SMILES string of the molecule is O=C(O)C1(c2ccc(C(F)F)c(F)c2)CC1. The second-order valence-electron chi connectivity index (χ2n) is 3.92. The van der Waals surface area contributed by atoms with Crippen molar-refractivity contribution in [2.24, 2.45) is 0 Å². The molecule has 0 saturated heterocycles. The molecule has 86 valence electrons. The topological polar surface area (TPSA) is 37.3 Å². The van der Waals surface area contributed by atoms with Crippen molar-refractivity contribution in [2.75, 3.05) is 0 Å². The standard InChI is InChI=1S/C11H9F3O2/c12-8-5-6(1-2-7(8)9(13)14)11(3-4-11)10(15)16/h1-2,5,9H,3-4H2,(H,15,16). The molecule has 0 radical (unpaired) electrons. The molecule has 0 aromatic heterocycles. The van der Waals surface area contributed by atoms with Gasteiger partial charge in [0, 0.05) is 0 Å². The Labute approximate surface area is 89.7 Å². The molecule has 1 aromatic carbocycles. The highest BCUT2D eigenvalue weighted by atomic mass is 19.3. The van der Waals surface area contributed by atoms with Crippen LogP contribution >= 0.6 is 0 Å². The lowest BCUT2D eigenvalue weighted by molar-refractivity contribution is -0.140. The number of hydrogen-bond donors (Lipinski definition) is 1. The van der Waals surface area contributed by atoms with Gasteiger partial charge in [0.05, 0.1) is 11.0 Å². The Hall–Kier alpha value is -1.52. The van der Waals surface area contributed by atoms with Crippen LogP contribution in [-0.4, -0.2) is 11.1 Å². The van der Waals surface area contributed by atoms with E-state index in [1.54, 1.807) is 0 Å². The fraction of sp³-hybridized carbons (Fsp3) is 0.364. The number of alkyl halides is 2. The highest BCUT2D eigenvalue weighted by Gasteiger charge is 2.51. The van der Waals surface area contributed by atoms with Gasteiger partial charge >= 0.3 is 5.97 Å². The maximum absolute atomic E-state index is 13.2. The van der Waals surface area contributed by atoms with E-state index in [4.69, 9.17) is 5.11 Å². The molecule has 16 heavy (non-hydrogen) atoms. The maximum atomic E-state index is 13.2. The molecule has 1 saturated carbocycles. The van der Waals surface area contributed by atoms with Gasteiger partial charge in [0.2, 0.25) is 0 Å². The van der Waals surface area contributed by atoms with Crippen molar-refractivity contribution in [1.82, 2.24) is 0 Å². The molecule has 1 aliphatic carbocycles. The van der Waals surface area contributed by atoms with Crippen LogP contribution in [0.3, 0.4) is 0 Å². The first-order chi connectivity index (χ1) is 7.47. The summed E-state index contributed by atoms with van der Waals surface area (Å²) in [5, 5.41) is 8.96. The quantitative estimate of drug-likeness (QED) is 0.866. The van der Waals surface area contributed by atoms with E-state index >= 15 is 0 Å². The Morgan fingerprint density at radius 1 is 1.38 bits per heavy atom. The van der Waals surface area contributed by atoms with Crippen LogP contribution < -0.4 is 0 Å². The van der Waals surface area contributed by atoms with Gasteiger partial charge < -0.3 is 5.11 Å². The number of carbonyl (C=O) groups is 1. The number of aliphatic carboxylic acids is 1. The van der Waals surface area contributed by atoms with Crippen LogP contribution in [0, 0.1) is 5.82 Å². The number of rotatable bonds is 3. The molecule has 2 nitrogen and oxygen atoms in total. The first-order valence-corrected chi connectivity index (χ1v) is 4.79. The average Bonchev–Trinajstić information content (AvgIpc) is 2.97. The number of carboxylic acids is 1. The molecule has 0 bridgehead atoms. The third-order valence-electron chi connectivity index (χ3n) is 2.95. The summed E-state index contributed by atoms with van der Waals surface area (Å²) >= 11 is 0. The zero-order valence-corrected chi connectivity index (χ0v) is 8.21. The summed E-state index contributed by atoms with van der Waals surface area (Å²) in [6, 6.07) is 3.13. The zero-order valence-electron chi connectivity index (χ0n) is 8.21. The van der Waals surface area contributed by atoms with E-state index in [0.717, 1.165) is 12.1 Å². The molecule has 0 unspecified atom stereocenters. The fourth-order valence-electron chi connectivity index (χ4n) is 1.75. The van der Waals surface area contributed by atoms with Crippen molar-refractivity contribution in [3.63, 3.8) is 0 Å². The highest BCUT2D eigenvalue weighted by molar-refractivity contribution is 5.84. The minimum absolute atomic E-state index is 0.266. The van der Waals surface area contributed by atoms with Gasteiger partial charge in [-0.1, -0.05) is 12.1 Å². The first-order valence-electron chi connectivity index (χ1n) is 4.79. The lowest BCUT2D eigenvalue weighted by Gasteiger charge is -2.11. The van der Waals surface area contributed by atoms with E-state index in [0.29, 0.717) is 12.8 Å². The monoisotopic (exact) mass is 230 g/mol. The van der Waals surface area contributed by atoms with Gasteiger partial charge in [-0.15, -0.1) is 0 Å². The van der Waals surface area contributed by atoms with Crippen LogP contribution in [0.5, 0.6) is 0 Å². The van der Waals surface area contributed by atoms with Crippen molar-refractivity contribution < 1.29 is 23.1 Å². The molecule has 1 aliphatic rings. The predicted molar refractivity (Wildman–Crippen MR) is 49.9 cm³/mol. The Morgan fingerprint density at radius 2 is 2.00 bits per heavy atom. The second-order valence-corrected chi connectivity index (χ2v) is 3.92. The van der Waals surface area contributed by atoms with E-state index in [9.17, 15) is 18.0 Å². The molecule has 0 amide bonds. The zero-order chi connectivity index (χ0) is 11.9. The number of halogens is 3. The van der Waals surface area contributed by atoms with Gasteiger partial charge in [0.15, 0.2) is 0 Å². The molecule has 5 heteroatoms. The Morgan fingerprint density at radius 3 is 2.38 bits per heavy atom. The van der Waals surface area contributed by atoms with Crippen molar-refractivity contribution >= 4 is 5.97 Å². The molecule has 0 heterocycles. The molecule has 0 atom stereocenters. The van der Waals surface area contributed by atoms with Crippen molar-refractivity contribution in [1.29, 1.82) is 0 Å². The second kappa shape index (κ2) is 3.50. The van der Waals surface area contributed by atoms with Gasteiger partial charge in [-0.2, -0.15) is 0 Å². The smallest absolute Gasteiger partial charge is 0.314 e. The number of benzene rings is 1. The number of carboxylic acid groups (broad SMARTS) is 1. The van der Waals surface area contributed by atoms with E-state index < -0.39 is 29.2 Å². The largest absolute Gasteiger partial charge is 0.481 e. The summed E-state index contributed by atoms with van der Waals surface area (Å²) in [4.78, 5) is 10.9. The van der Waals surface area contributed by atoms with Crippen LogP contribution in [0.25, 0.3) is 0 Å². The molecular formula is C11H9F3O2. The maximum Gasteiger partial charge on any atom is 0.314 e. The van der Waals surface area contributed by atoms with E-state index in [1.165, 1.54) is 6.07 Å². The van der Waals surface area contributed by atoms with E-state index in [2.05, 4.69) is 0 Å². The molecule has 1 N–H and O–H groups in total. The van der Waals surface area contributed by atoms with E-state index in [1.807, 2.05) is 0 Å². The normalized spacial score (nSPS) is 17.5. The van der Waals surface area contributed by atoms with Crippen LogP contribution in [0.15, 0.2) is 18.2 Å². The molecule has 1 aromatic rings. The van der Waals surface area contributed by atoms with Crippen molar-refractivity contribution in [3.8, 4) is 0 Å². The summed E-state index contributed by atoms with van der Waals surface area (Å²) in [5.74, 6) is -2.07. The Bertz CT molecular complexity index is 439. The van der Waals surface area contributed by atoms with Crippen LogP contribution in [0.4, 0.5) is 13.2 Å². The summed E-state index contributed by atoms with van der Waals surface area (Å²) in [6.07, 6.45) is -2.03. The first kappa shape index (κ1) is 11.0. The van der Waals surface area contributed by atoms with Crippen LogP contribution in [0.2, 0.25) is 0 Å². The lowest BCUT2D eigenvalue weighted by atomic mass is 9.95. The van der Waals surface area contributed by atoms with Crippen LogP contribution in [-0.2, 0) is 10.2 Å². The molecule has 1 fully saturated rings. The summed E-state index contributed by atoms with van der Waals surface area (Å²) < 4.78 is 37.8. The predicted octanol–water partition coefficient (Wildman–Crippen LogP) is 2.88. The van der Waals surface area contributed by atoms with Crippen molar-refractivity contribution in [3.05, 3.63) is 35.1 Å². The average molecular weight is 230 g/mol. The Balaban J connectivity index is 2.39. The number of hydrogen-bond acceptors (Lipinski definition) is 1. The molecule has 0 spiro atoms. The lowest BCUT2D eigenvalue weighted by Crippen LogP contribution is -2.19. The summed E-state index contributed by atoms with van der Waals surface area (Å²) in [7, 11) is 0. The third-order valence-corrected chi connectivity index (χ3v) is 2.95. The summed E-state index contributed by atoms with van der Waals surface area (Å²) in [6.45, 7) is 0. The molecule has 0 aliphatic heterocycles. The van der Waals surface area contributed by atoms with Gasteiger partial charge in [-0.05, 0) is 24.5 Å². The fourth-order valence-corrected chi connectivity index (χ4v) is 1.75. The minimum Gasteiger partial charge on any atom is -0.481 e. The summed E-state index contributed by atoms with van der Waals surface area (Å²) in [5.41, 5.74) is -1.48. The van der Waals surface area contributed by atoms with Gasteiger partial charge in [-0.25, -0.2) is 13.2 Å². The van der Waals surface area contributed by atoms with Crippen molar-refractivity contribution in [2.45, 2.75) is 24.7 Å². The van der Waals surface area contributed by atoms with Gasteiger partial charge in [-0.3, -0.25) is 4.79 Å². The third kappa shape index (κ3) is 1.56. The van der Waals surface area contributed by atoms with Gasteiger partial charge in [0.1, 0.15) is 5.82 Å². The molecule has 2 rings (SSSR count). The molecular weight excluding hydrogens is 221 g/mol. The Kier molecular flexibility index (Phi) is 2.40. The van der Waals surface area contributed by atoms with Gasteiger partial charge in [0.25, 0.3) is 6.43 Å². The van der Waals surface area contributed by atoms with Crippen LogP contribution in [0.1, 0.15) is 30.4 Å². The highest BCUT2D eigenvalue weighted by Crippen LogP contribution is 2.48. The minimum atomic E-state index is -2.88.